The quantitative estimate of drug-likeness (QED) is 0.866. The fourth-order valence-corrected chi connectivity index (χ4v) is 2.86. The van der Waals surface area contributed by atoms with Gasteiger partial charge in [0.15, 0.2) is 5.16 Å². The van der Waals surface area contributed by atoms with Gasteiger partial charge in [-0.3, -0.25) is 9.36 Å². The second-order valence-electron chi connectivity index (χ2n) is 4.13. The van der Waals surface area contributed by atoms with Gasteiger partial charge in [-0.25, -0.2) is 4.98 Å². The maximum Gasteiger partial charge on any atom is 0.313 e. The molecule has 0 aliphatic carbocycles. The Hall–Kier alpha value is -1.27. The molecule has 0 bridgehead atoms. The minimum absolute atomic E-state index is 0.00348. The average molecular weight is 341 g/mol. The zero-order valence-corrected chi connectivity index (χ0v) is 13.0. The maximum atomic E-state index is 10.7. The van der Waals surface area contributed by atoms with Crippen molar-refractivity contribution < 1.29 is 9.90 Å². The van der Waals surface area contributed by atoms with E-state index in [2.05, 4.69) is 20.9 Å². The van der Waals surface area contributed by atoms with E-state index in [1.54, 1.807) is 6.20 Å². The summed E-state index contributed by atoms with van der Waals surface area (Å²) in [5.74, 6) is -0.841. The number of benzene rings is 1. The fraction of sp³-hybridized carbons (Fsp3) is 0.231. The maximum absolute atomic E-state index is 10.7. The number of carboxylic acids is 1. The molecule has 0 unspecified atom stereocenters. The number of hydrogen-bond donors (Lipinski definition) is 1. The van der Waals surface area contributed by atoms with Crippen molar-refractivity contribution in [2.24, 2.45) is 0 Å². The van der Waals surface area contributed by atoms with E-state index in [0.717, 1.165) is 21.4 Å². The van der Waals surface area contributed by atoms with Gasteiger partial charge in [-0.1, -0.05) is 33.8 Å². The summed E-state index contributed by atoms with van der Waals surface area (Å²) >= 11 is 4.68. The van der Waals surface area contributed by atoms with Crippen LogP contribution >= 0.6 is 27.7 Å². The minimum atomic E-state index is -0.844. The highest BCUT2D eigenvalue weighted by atomic mass is 79.9. The zero-order valence-electron chi connectivity index (χ0n) is 10.6. The molecular weight excluding hydrogens is 328 g/mol. The highest BCUT2D eigenvalue weighted by molar-refractivity contribution is 9.10. The van der Waals surface area contributed by atoms with E-state index in [1.165, 1.54) is 11.8 Å². The Morgan fingerprint density at radius 2 is 2.21 bits per heavy atom. The number of nitrogens with zero attached hydrogens (tertiary/aromatic N) is 2. The van der Waals surface area contributed by atoms with Crippen LogP contribution in [0.3, 0.4) is 0 Å². The van der Waals surface area contributed by atoms with E-state index in [1.807, 2.05) is 36.6 Å². The molecule has 0 radical (unpaired) electrons. The second-order valence-corrected chi connectivity index (χ2v) is 5.99. The van der Waals surface area contributed by atoms with Crippen LogP contribution in [0.5, 0.6) is 0 Å². The summed E-state index contributed by atoms with van der Waals surface area (Å²) in [6.07, 6.45) is 1.75. The molecule has 2 rings (SSSR count). The van der Waals surface area contributed by atoms with Crippen molar-refractivity contribution in [1.82, 2.24) is 9.55 Å². The van der Waals surface area contributed by atoms with Crippen LogP contribution in [0.2, 0.25) is 0 Å². The van der Waals surface area contributed by atoms with Crippen molar-refractivity contribution in [3.05, 3.63) is 40.1 Å². The van der Waals surface area contributed by atoms with Crippen molar-refractivity contribution in [2.75, 3.05) is 5.75 Å². The lowest BCUT2D eigenvalue weighted by Crippen LogP contribution is -2.04. The average Bonchev–Trinajstić information content (AvgIpc) is 2.71. The van der Waals surface area contributed by atoms with Crippen molar-refractivity contribution in [3.63, 3.8) is 0 Å². The first-order chi connectivity index (χ1) is 8.99. The molecule has 0 atom stereocenters. The van der Waals surface area contributed by atoms with Crippen LogP contribution in [0.4, 0.5) is 0 Å². The number of thioether (sulfide) groups is 1. The lowest BCUT2D eigenvalue weighted by atomic mass is 10.2. The van der Waals surface area contributed by atoms with Crippen LogP contribution in [-0.2, 0) is 4.79 Å². The molecule has 19 heavy (non-hydrogen) atoms. The van der Waals surface area contributed by atoms with E-state index in [0.29, 0.717) is 5.16 Å². The molecule has 6 heteroatoms. The van der Waals surface area contributed by atoms with Gasteiger partial charge < -0.3 is 5.11 Å². The molecule has 4 nitrogen and oxygen atoms in total. The number of aliphatic carboxylic acids is 1. The SMILES string of the molecule is Cc1ccc(Br)cc1-n1c(C)cnc1SCC(=O)O. The lowest BCUT2D eigenvalue weighted by molar-refractivity contribution is -0.133. The molecule has 1 N–H and O–H groups in total. The van der Waals surface area contributed by atoms with Crippen LogP contribution in [0.15, 0.2) is 34.0 Å². The smallest absolute Gasteiger partial charge is 0.313 e. The summed E-state index contributed by atoms with van der Waals surface area (Å²) in [6, 6.07) is 6.01. The van der Waals surface area contributed by atoms with Crippen LogP contribution in [0.25, 0.3) is 5.69 Å². The number of aromatic nitrogens is 2. The molecule has 0 aliphatic rings. The molecule has 1 aromatic carbocycles. The zero-order chi connectivity index (χ0) is 14.0. The van der Waals surface area contributed by atoms with Gasteiger partial charge >= 0.3 is 5.97 Å². The first kappa shape index (κ1) is 14.1. The Labute approximate surface area is 124 Å². The second kappa shape index (κ2) is 5.79. The standard InChI is InChI=1S/C13H13BrN2O2S/c1-8-3-4-10(14)5-11(8)16-9(2)6-15-13(16)19-7-12(17)18/h3-6H,7H2,1-2H3,(H,17,18). The van der Waals surface area contributed by atoms with E-state index in [9.17, 15) is 4.79 Å². The number of halogens is 1. The molecule has 2 aromatic rings. The number of rotatable bonds is 4. The van der Waals surface area contributed by atoms with E-state index < -0.39 is 5.97 Å². The van der Waals surface area contributed by atoms with E-state index in [-0.39, 0.29) is 5.75 Å². The van der Waals surface area contributed by atoms with Crippen molar-refractivity contribution in [1.29, 1.82) is 0 Å². The number of imidazole rings is 1. The third kappa shape index (κ3) is 3.19. The van der Waals surface area contributed by atoms with E-state index in [4.69, 9.17) is 5.11 Å². The molecule has 0 spiro atoms. The lowest BCUT2D eigenvalue weighted by Gasteiger charge is -2.12. The van der Waals surface area contributed by atoms with Gasteiger partial charge in [0, 0.05) is 16.4 Å². The van der Waals surface area contributed by atoms with E-state index >= 15 is 0 Å². The normalized spacial score (nSPS) is 10.7. The molecule has 100 valence electrons. The van der Waals surface area contributed by atoms with Crippen molar-refractivity contribution in [2.45, 2.75) is 19.0 Å². The monoisotopic (exact) mass is 340 g/mol. The highest BCUT2D eigenvalue weighted by Gasteiger charge is 2.13. The summed E-state index contributed by atoms with van der Waals surface area (Å²) in [7, 11) is 0. The Kier molecular flexibility index (Phi) is 4.31. The van der Waals surface area contributed by atoms with Crippen molar-refractivity contribution >= 4 is 33.7 Å². The van der Waals surface area contributed by atoms with Crippen LogP contribution < -0.4 is 0 Å². The van der Waals surface area contributed by atoms with Gasteiger partial charge in [0.1, 0.15) is 0 Å². The van der Waals surface area contributed by atoms with Crippen molar-refractivity contribution in [3.8, 4) is 5.69 Å². The van der Waals surface area contributed by atoms with Gasteiger partial charge in [-0.2, -0.15) is 0 Å². The fourth-order valence-electron chi connectivity index (χ4n) is 1.76. The predicted octanol–water partition coefficient (Wildman–Crippen LogP) is 3.43. The third-order valence-corrected chi connectivity index (χ3v) is 4.07. The summed E-state index contributed by atoms with van der Waals surface area (Å²) in [5.41, 5.74) is 3.10. The largest absolute Gasteiger partial charge is 0.481 e. The molecule has 0 aliphatic heterocycles. The minimum Gasteiger partial charge on any atom is -0.481 e. The molecule has 0 saturated carbocycles. The van der Waals surface area contributed by atoms with Gasteiger partial charge in [-0.05, 0) is 31.5 Å². The molecule has 0 fully saturated rings. The summed E-state index contributed by atoms with van der Waals surface area (Å²) in [6.45, 7) is 3.98. The molecule has 1 heterocycles. The third-order valence-electron chi connectivity index (χ3n) is 2.64. The number of carboxylic acid groups (broad SMARTS) is 1. The van der Waals surface area contributed by atoms with Gasteiger partial charge in [0.05, 0.1) is 11.4 Å². The van der Waals surface area contributed by atoms with Crippen LogP contribution in [0.1, 0.15) is 11.3 Å². The molecule has 0 amide bonds. The number of carbonyl (C=O) groups is 1. The summed E-state index contributed by atoms with van der Waals surface area (Å²) < 4.78 is 2.96. The van der Waals surface area contributed by atoms with Gasteiger partial charge in [0.25, 0.3) is 0 Å². The molecule has 1 aromatic heterocycles. The Balaban J connectivity index is 2.46. The topological polar surface area (TPSA) is 55.1 Å². The first-order valence-corrected chi connectivity index (χ1v) is 7.42. The Morgan fingerprint density at radius 3 is 2.89 bits per heavy atom. The number of aryl methyl sites for hydroxylation is 2. The molecule has 0 saturated heterocycles. The first-order valence-electron chi connectivity index (χ1n) is 5.64. The number of hydrogen-bond acceptors (Lipinski definition) is 3. The highest BCUT2D eigenvalue weighted by Crippen LogP contribution is 2.27. The summed E-state index contributed by atoms with van der Waals surface area (Å²) in [4.78, 5) is 15.0. The Bertz CT molecular complexity index is 625. The van der Waals surface area contributed by atoms with Crippen LogP contribution in [0, 0.1) is 13.8 Å². The predicted molar refractivity (Wildman–Crippen MR) is 79.1 cm³/mol. The van der Waals surface area contributed by atoms with Crippen LogP contribution in [-0.4, -0.2) is 26.4 Å². The molecular formula is C13H13BrN2O2S. The van der Waals surface area contributed by atoms with Gasteiger partial charge in [-0.15, -0.1) is 0 Å². The van der Waals surface area contributed by atoms with Gasteiger partial charge in [0.2, 0.25) is 0 Å². The Morgan fingerprint density at radius 1 is 1.47 bits per heavy atom. The summed E-state index contributed by atoms with van der Waals surface area (Å²) in [5, 5.41) is 9.47.